The Morgan fingerprint density at radius 1 is 1.19 bits per heavy atom. The predicted octanol–water partition coefficient (Wildman–Crippen LogP) is 4.39. The molecule has 2 aromatic rings. The van der Waals surface area contributed by atoms with Crippen LogP contribution < -0.4 is 10.1 Å². The van der Waals surface area contributed by atoms with Crippen molar-refractivity contribution in [2.45, 2.75) is 45.4 Å². The zero-order valence-corrected chi connectivity index (χ0v) is 16.5. The standard InChI is InChI=1S/C21H26ClNO3/c1-15(26-14-16-8-7-10-18(12-16)25-4)20(24)23-21(2,3)13-17-9-5-6-11-19(17)22/h5-12,15H,13-14H2,1-4H3,(H,23,24). The van der Waals surface area contributed by atoms with Gasteiger partial charge >= 0.3 is 0 Å². The van der Waals surface area contributed by atoms with Gasteiger partial charge in [-0.05, 0) is 56.5 Å². The van der Waals surface area contributed by atoms with E-state index in [0.29, 0.717) is 18.1 Å². The molecule has 0 fully saturated rings. The Morgan fingerprint density at radius 2 is 1.92 bits per heavy atom. The molecule has 0 aliphatic carbocycles. The number of methoxy groups -OCH3 is 1. The quantitative estimate of drug-likeness (QED) is 0.744. The molecule has 4 nitrogen and oxygen atoms in total. The van der Waals surface area contributed by atoms with Crippen LogP contribution in [0.3, 0.4) is 0 Å². The van der Waals surface area contributed by atoms with Gasteiger partial charge in [-0.1, -0.05) is 41.9 Å². The highest BCUT2D eigenvalue weighted by Crippen LogP contribution is 2.21. The Kier molecular flexibility index (Phi) is 7.06. The molecule has 0 aliphatic rings. The van der Waals surface area contributed by atoms with Crippen LogP contribution in [0, 0.1) is 0 Å². The summed E-state index contributed by atoms with van der Waals surface area (Å²) in [7, 11) is 1.62. The van der Waals surface area contributed by atoms with E-state index in [1.807, 2.05) is 62.4 Å². The van der Waals surface area contributed by atoms with Crippen molar-refractivity contribution in [1.82, 2.24) is 5.32 Å². The van der Waals surface area contributed by atoms with Crippen LogP contribution in [0.25, 0.3) is 0 Å². The van der Waals surface area contributed by atoms with Crippen LogP contribution in [0.4, 0.5) is 0 Å². The van der Waals surface area contributed by atoms with Gasteiger partial charge < -0.3 is 14.8 Å². The van der Waals surface area contributed by atoms with E-state index >= 15 is 0 Å². The molecule has 1 atom stereocenters. The minimum Gasteiger partial charge on any atom is -0.497 e. The van der Waals surface area contributed by atoms with E-state index in [0.717, 1.165) is 16.9 Å². The highest BCUT2D eigenvalue weighted by molar-refractivity contribution is 6.31. The largest absolute Gasteiger partial charge is 0.497 e. The lowest BCUT2D eigenvalue weighted by Crippen LogP contribution is -2.49. The molecule has 2 rings (SSSR count). The lowest BCUT2D eigenvalue weighted by molar-refractivity contribution is -0.134. The lowest BCUT2D eigenvalue weighted by Gasteiger charge is -2.28. The number of hydrogen-bond acceptors (Lipinski definition) is 3. The number of benzene rings is 2. The average Bonchev–Trinajstić information content (AvgIpc) is 2.61. The molecule has 5 heteroatoms. The summed E-state index contributed by atoms with van der Waals surface area (Å²) in [5, 5.41) is 3.75. The summed E-state index contributed by atoms with van der Waals surface area (Å²) in [6.07, 6.45) is 0.0767. The first-order valence-corrected chi connectivity index (χ1v) is 8.98. The molecule has 0 saturated carbocycles. The third-order valence-electron chi connectivity index (χ3n) is 4.06. The Labute approximate surface area is 160 Å². The van der Waals surface area contributed by atoms with Gasteiger partial charge in [-0.25, -0.2) is 0 Å². The second kappa shape index (κ2) is 9.06. The zero-order valence-electron chi connectivity index (χ0n) is 15.7. The van der Waals surface area contributed by atoms with Crippen LogP contribution >= 0.6 is 11.6 Å². The molecule has 2 aromatic carbocycles. The van der Waals surface area contributed by atoms with Gasteiger partial charge in [-0.2, -0.15) is 0 Å². The van der Waals surface area contributed by atoms with E-state index in [1.54, 1.807) is 14.0 Å². The summed E-state index contributed by atoms with van der Waals surface area (Å²) in [6, 6.07) is 15.3. The molecule has 0 bridgehead atoms. The maximum atomic E-state index is 12.5. The highest BCUT2D eigenvalue weighted by Gasteiger charge is 2.25. The van der Waals surface area contributed by atoms with Gasteiger partial charge in [0.2, 0.25) is 5.91 Å². The number of halogens is 1. The number of carbonyl (C=O) groups is 1. The Hall–Kier alpha value is -2.04. The molecule has 1 unspecified atom stereocenters. The average molecular weight is 376 g/mol. The van der Waals surface area contributed by atoms with Gasteiger partial charge in [0.15, 0.2) is 0 Å². The first-order valence-electron chi connectivity index (χ1n) is 8.61. The number of rotatable bonds is 8. The molecule has 0 spiro atoms. The van der Waals surface area contributed by atoms with Crippen molar-refractivity contribution in [3.63, 3.8) is 0 Å². The molecule has 0 saturated heterocycles. The Balaban J connectivity index is 1.89. The van der Waals surface area contributed by atoms with E-state index in [1.165, 1.54) is 0 Å². The van der Waals surface area contributed by atoms with Crippen molar-refractivity contribution in [3.05, 3.63) is 64.7 Å². The third kappa shape index (κ3) is 6.04. The van der Waals surface area contributed by atoms with Gasteiger partial charge in [0.05, 0.1) is 13.7 Å². The summed E-state index contributed by atoms with van der Waals surface area (Å²) in [4.78, 5) is 12.5. The molecular weight excluding hydrogens is 350 g/mol. The van der Waals surface area contributed by atoms with Crippen molar-refractivity contribution < 1.29 is 14.3 Å². The predicted molar refractivity (Wildman–Crippen MR) is 105 cm³/mol. The van der Waals surface area contributed by atoms with Crippen LogP contribution in [-0.2, 0) is 22.6 Å². The fraction of sp³-hybridized carbons (Fsp3) is 0.381. The van der Waals surface area contributed by atoms with E-state index in [4.69, 9.17) is 21.1 Å². The maximum Gasteiger partial charge on any atom is 0.249 e. The molecule has 0 heterocycles. The third-order valence-corrected chi connectivity index (χ3v) is 4.42. The van der Waals surface area contributed by atoms with Crippen LogP contribution in [-0.4, -0.2) is 24.7 Å². The van der Waals surface area contributed by atoms with E-state index in [9.17, 15) is 4.79 Å². The minimum absolute atomic E-state index is 0.148. The van der Waals surface area contributed by atoms with Crippen LogP contribution in [0.15, 0.2) is 48.5 Å². The normalized spacial score (nSPS) is 12.5. The fourth-order valence-electron chi connectivity index (χ4n) is 2.66. The minimum atomic E-state index is -0.563. The van der Waals surface area contributed by atoms with Crippen LogP contribution in [0.1, 0.15) is 31.9 Å². The van der Waals surface area contributed by atoms with E-state index in [2.05, 4.69) is 5.32 Å². The summed E-state index contributed by atoms with van der Waals surface area (Å²) in [5.74, 6) is 0.619. The van der Waals surface area contributed by atoms with E-state index < -0.39 is 11.6 Å². The molecule has 26 heavy (non-hydrogen) atoms. The monoisotopic (exact) mass is 375 g/mol. The Bertz CT molecular complexity index is 746. The molecule has 0 aliphatic heterocycles. The first kappa shape index (κ1) is 20.3. The summed E-state index contributed by atoms with van der Waals surface area (Å²) in [5.41, 5.74) is 1.53. The first-order chi connectivity index (χ1) is 12.3. The van der Waals surface area contributed by atoms with E-state index in [-0.39, 0.29) is 5.91 Å². The summed E-state index contributed by atoms with van der Waals surface area (Å²) >= 11 is 6.22. The SMILES string of the molecule is COc1cccc(COC(C)C(=O)NC(C)(C)Cc2ccccc2Cl)c1. The number of amides is 1. The molecule has 0 radical (unpaired) electrons. The zero-order chi connectivity index (χ0) is 19.2. The Morgan fingerprint density at radius 3 is 2.62 bits per heavy atom. The maximum absolute atomic E-state index is 12.5. The van der Waals surface area contributed by atoms with Crippen molar-refractivity contribution in [2.75, 3.05) is 7.11 Å². The van der Waals surface area contributed by atoms with Gasteiger partial charge in [-0.15, -0.1) is 0 Å². The van der Waals surface area contributed by atoms with Crippen LogP contribution in [0.2, 0.25) is 5.02 Å². The van der Waals surface area contributed by atoms with Gasteiger partial charge in [0.1, 0.15) is 11.9 Å². The van der Waals surface area contributed by atoms with Gasteiger partial charge in [-0.3, -0.25) is 4.79 Å². The topological polar surface area (TPSA) is 47.6 Å². The summed E-state index contributed by atoms with van der Waals surface area (Å²) in [6.45, 7) is 6.05. The molecule has 1 amide bonds. The highest BCUT2D eigenvalue weighted by atomic mass is 35.5. The van der Waals surface area contributed by atoms with Crippen molar-refractivity contribution in [1.29, 1.82) is 0 Å². The van der Waals surface area contributed by atoms with Gasteiger partial charge in [0.25, 0.3) is 0 Å². The van der Waals surface area contributed by atoms with Gasteiger partial charge in [0, 0.05) is 10.6 Å². The van der Waals surface area contributed by atoms with Crippen LogP contribution in [0.5, 0.6) is 5.75 Å². The van der Waals surface area contributed by atoms with Crippen molar-refractivity contribution in [2.24, 2.45) is 0 Å². The molecule has 140 valence electrons. The number of ether oxygens (including phenoxy) is 2. The second-order valence-corrected chi connectivity index (χ2v) is 7.35. The lowest BCUT2D eigenvalue weighted by atomic mass is 9.94. The molecule has 0 aromatic heterocycles. The van der Waals surface area contributed by atoms with Crippen molar-refractivity contribution in [3.8, 4) is 5.75 Å². The number of nitrogens with one attached hydrogen (secondary N) is 1. The number of hydrogen-bond donors (Lipinski definition) is 1. The fourth-order valence-corrected chi connectivity index (χ4v) is 2.86. The smallest absolute Gasteiger partial charge is 0.249 e. The molecular formula is C21H26ClNO3. The molecule has 1 N–H and O–H groups in total. The second-order valence-electron chi connectivity index (χ2n) is 6.95. The van der Waals surface area contributed by atoms with Crippen molar-refractivity contribution >= 4 is 17.5 Å². The number of carbonyl (C=O) groups excluding carboxylic acids is 1. The summed E-state index contributed by atoms with van der Waals surface area (Å²) < 4.78 is 10.9.